The fraction of sp³-hybridized carbons (Fsp3) is 1.00. The molecule has 0 spiro atoms. The van der Waals surface area contributed by atoms with Crippen LogP contribution in [0.5, 0.6) is 0 Å². The minimum atomic E-state index is -0.0465. The summed E-state index contributed by atoms with van der Waals surface area (Å²) in [5, 5.41) is 0. The summed E-state index contributed by atoms with van der Waals surface area (Å²) in [4.78, 5) is 0. The first-order valence-electron chi connectivity index (χ1n) is 18.8. The molecule has 40 heavy (non-hydrogen) atoms. The van der Waals surface area contributed by atoms with Crippen molar-refractivity contribution in [2.45, 2.75) is 227 Å². The second kappa shape index (κ2) is 20.6. The molecule has 0 unspecified atom stereocenters. The third kappa shape index (κ3) is 10.9. The zero-order chi connectivity index (χ0) is 27.8. The first-order valence-corrected chi connectivity index (χ1v) is 23.7. The second-order valence-corrected chi connectivity index (χ2v) is 21.9. The molecule has 0 amide bonds. The van der Waals surface area contributed by atoms with Gasteiger partial charge in [0.1, 0.15) is 0 Å². The molecule has 0 aromatic rings. The van der Waals surface area contributed by atoms with Gasteiger partial charge in [0.25, 0.3) is 0 Å². The molecule has 6 aliphatic rings. The molecule has 0 aliphatic heterocycles. The van der Waals surface area contributed by atoms with Crippen molar-refractivity contribution >= 4 is 26.0 Å². The maximum absolute atomic E-state index is 4.33. The monoisotopic (exact) mass is 656 g/mol. The topological polar surface area (TPSA) is 0 Å². The molecule has 6 saturated carbocycles. The molecule has 238 valence electrons. The number of rotatable bonds is 6. The van der Waals surface area contributed by atoms with Crippen molar-refractivity contribution in [2.75, 3.05) is 0 Å². The van der Waals surface area contributed by atoms with Crippen LogP contribution in [0.3, 0.4) is 0 Å². The van der Waals surface area contributed by atoms with Crippen LogP contribution in [0.1, 0.15) is 193 Å². The molecule has 6 aliphatic carbocycles. The van der Waals surface area contributed by atoms with Gasteiger partial charge in [-0.1, -0.05) is 38.5 Å². The van der Waals surface area contributed by atoms with Gasteiger partial charge in [-0.05, 0) is 154 Å². The summed E-state index contributed by atoms with van der Waals surface area (Å²) in [6.07, 6.45) is 47.6. The summed E-state index contributed by atoms with van der Waals surface area (Å²) in [6, 6.07) is 0. The Balaban J connectivity index is 0.000000174. The van der Waals surface area contributed by atoms with Gasteiger partial charge < -0.3 is 0 Å². The van der Waals surface area contributed by atoms with Gasteiger partial charge in [-0.3, -0.25) is 0 Å². The van der Waals surface area contributed by atoms with Crippen LogP contribution in [0.15, 0.2) is 0 Å². The van der Waals surface area contributed by atoms with Crippen molar-refractivity contribution in [1.82, 2.24) is 0 Å². The first kappa shape index (κ1) is 34.5. The van der Waals surface area contributed by atoms with E-state index >= 15 is 0 Å². The van der Waals surface area contributed by atoms with Crippen molar-refractivity contribution in [3.63, 3.8) is 0 Å². The summed E-state index contributed by atoms with van der Waals surface area (Å²) >= 11 is 3.03. The number of halogens is 1. The average molecular weight is 658 g/mol. The standard InChI is InChI=1S/2C18H33P.ClH.Ni.H/c2*1-4-10-16(11-5-1)19(17-12-6-2-7-13-17)18-14-8-3-9-15-18;;;/h2*16-18H,1-15H2;1H;;/q;;;+1;/p+1. The van der Waals surface area contributed by atoms with Gasteiger partial charge in [-0.15, -0.1) is 0 Å². The van der Waals surface area contributed by atoms with Gasteiger partial charge in [-0.2, -0.15) is 0 Å². The Bertz CT molecular complexity index is 471. The molecule has 6 rings (SSSR count). The van der Waals surface area contributed by atoms with Crippen molar-refractivity contribution in [3.05, 3.63) is 0 Å². The maximum atomic E-state index is 4.33. The van der Waals surface area contributed by atoms with Crippen LogP contribution < -0.4 is 0 Å². The van der Waals surface area contributed by atoms with Crippen LogP contribution in [0.4, 0.5) is 0 Å². The summed E-state index contributed by atoms with van der Waals surface area (Å²) in [5.41, 5.74) is 7.36. The van der Waals surface area contributed by atoms with E-state index in [9.17, 15) is 0 Å². The molecule has 0 nitrogen and oxygen atoms in total. The quantitative estimate of drug-likeness (QED) is 0.197. The molecule has 0 radical (unpaired) electrons. The summed E-state index contributed by atoms with van der Waals surface area (Å²) in [5.74, 6) is 0. The Hall–Kier alpha value is 1.64. The van der Waals surface area contributed by atoms with Crippen LogP contribution >= 0.6 is 26.0 Å². The van der Waals surface area contributed by atoms with Crippen molar-refractivity contribution in [1.29, 1.82) is 0 Å². The van der Waals surface area contributed by atoms with E-state index in [2.05, 4.69) is 24.8 Å². The van der Waals surface area contributed by atoms with Gasteiger partial charge in [0.05, 0.1) is 34.0 Å². The molecule has 0 saturated heterocycles. The number of hydrogen-bond donors (Lipinski definition) is 0. The van der Waals surface area contributed by atoms with Crippen LogP contribution in [0.2, 0.25) is 0 Å². The predicted molar refractivity (Wildman–Crippen MR) is 185 cm³/mol. The fourth-order valence-corrected chi connectivity index (χ4v) is 21.1. The zero-order valence-electron chi connectivity index (χ0n) is 26.4. The van der Waals surface area contributed by atoms with E-state index in [1.165, 1.54) is 34.0 Å². The van der Waals surface area contributed by atoms with Crippen LogP contribution in [-0.4, -0.2) is 34.0 Å². The Morgan fingerprint density at radius 1 is 0.250 bits per heavy atom. The molecule has 0 atom stereocenters. The Morgan fingerprint density at radius 2 is 0.375 bits per heavy atom. The third-order valence-electron chi connectivity index (χ3n) is 12.5. The SMILES string of the molecule is C1CCC([PH+](C2CCCCC2)C2CCCCC2)CC1.C1CCC([PH+](C2CCCCC2)C2CCCCC2)CC1.[Cl][NiH]. The Labute approximate surface area is 266 Å². The van der Waals surface area contributed by atoms with E-state index in [0.29, 0.717) is 0 Å². The average Bonchev–Trinajstić information content (AvgIpc) is 3.06. The van der Waals surface area contributed by atoms with E-state index < -0.39 is 0 Å². The zero-order valence-corrected chi connectivity index (χ0v) is 30.2. The molecule has 0 bridgehead atoms. The van der Waals surface area contributed by atoms with Gasteiger partial charge in [0.2, 0.25) is 0 Å². The normalized spacial score (nSPS) is 27.6. The van der Waals surface area contributed by atoms with Gasteiger partial charge >= 0.3 is 24.8 Å². The summed E-state index contributed by atoms with van der Waals surface area (Å²) in [7, 11) is 4.23. The molecular weight excluding hydrogens is 588 g/mol. The third-order valence-corrected chi connectivity index (χ3v) is 21.6. The molecule has 0 aromatic carbocycles. The number of hydrogen-bond acceptors (Lipinski definition) is 0. The predicted octanol–water partition coefficient (Wildman–Crippen LogP) is 12.8. The van der Waals surface area contributed by atoms with E-state index in [-0.39, 0.29) is 15.8 Å². The van der Waals surface area contributed by atoms with Gasteiger partial charge in [0, 0.05) is 15.8 Å². The van der Waals surface area contributed by atoms with E-state index in [0.717, 1.165) is 0 Å². The fourth-order valence-electron chi connectivity index (χ4n) is 10.6. The van der Waals surface area contributed by atoms with E-state index in [1.54, 1.807) is 193 Å². The van der Waals surface area contributed by atoms with Crippen LogP contribution in [-0.2, 0) is 14.6 Å². The second-order valence-electron chi connectivity index (χ2n) is 15.0. The van der Waals surface area contributed by atoms with Crippen LogP contribution in [0.25, 0.3) is 0 Å². The Kier molecular flexibility index (Phi) is 17.8. The Morgan fingerprint density at radius 3 is 0.500 bits per heavy atom. The van der Waals surface area contributed by atoms with Crippen molar-refractivity contribution in [2.24, 2.45) is 0 Å². The molecule has 6 fully saturated rings. The molecule has 4 heteroatoms. The van der Waals surface area contributed by atoms with Crippen LogP contribution in [0, 0.1) is 0 Å². The van der Waals surface area contributed by atoms with Gasteiger partial charge in [0.15, 0.2) is 0 Å². The molecule has 0 N–H and O–H groups in total. The summed E-state index contributed by atoms with van der Waals surface area (Å²) in [6.45, 7) is 0. The van der Waals surface area contributed by atoms with E-state index in [4.69, 9.17) is 0 Å². The summed E-state index contributed by atoms with van der Waals surface area (Å²) < 4.78 is 0. The first-order chi connectivity index (χ1) is 19.9. The van der Waals surface area contributed by atoms with E-state index in [1.807, 2.05) is 0 Å². The van der Waals surface area contributed by atoms with Crippen molar-refractivity contribution < 1.29 is 14.6 Å². The van der Waals surface area contributed by atoms with Crippen molar-refractivity contribution in [3.8, 4) is 0 Å². The molecule has 0 heterocycles. The van der Waals surface area contributed by atoms with Gasteiger partial charge in [-0.25, -0.2) is 0 Å². The molecular formula is C36H69ClNiP2+2. The molecule has 0 aromatic heterocycles. The minimum absolute atomic E-state index is 0.0465.